The summed E-state index contributed by atoms with van der Waals surface area (Å²) in [6.45, 7) is 6.69. The second-order valence-corrected chi connectivity index (χ2v) is 10.0. The van der Waals surface area contributed by atoms with Gasteiger partial charge in [0.05, 0.1) is 12.5 Å². The molecule has 0 heterocycles. The van der Waals surface area contributed by atoms with Gasteiger partial charge in [-0.15, -0.1) is 0 Å². The van der Waals surface area contributed by atoms with Crippen molar-refractivity contribution in [2.24, 2.45) is 0 Å². The van der Waals surface area contributed by atoms with E-state index in [2.05, 4.69) is 10.6 Å². The number of phenolic OH excluding ortho intramolecular Hbond substituents is 2. The van der Waals surface area contributed by atoms with Crippen LogP contribution in [-0.2, 0) is 24.2 Å². The zero-order valence-electron chi connectivity index (χ0n) is 20.3. The summed E-state index contributed by atoms with van der Waals surface area (Å²) < 4.78 is 0. The average molecular weight is 497 g/mol. The standard InChI is InChI=1S/C28H33ClN2O4/c1-18-7-8-21(10-25(18)29)16-30-27(35)11-19-5-4-6-20(9-19)15-28(2,3)31-17-26(34)22-12-23(32)14-24(33)13-22/h4-10,12-14,26,31-34H,11,15-17H2,1-3H3,(H,30,35). The number of halogens is 1. The van der Waals surface area contributed by atoms with E-state index in [9.17, 15) is 20.1 Å². The van der Waals surface area contributed by atoms with Gasteiger partial charge in [0.1, 0.15) is 11.5 Å². The molecule has 0 radical (unpaired) electrons. The van der Waals surface area contributed by atoms with Crippen LogP contribution in [0.25, 0.3) is 0 Å². The van der Waals surface area contributed by atoms with Gasteiger partial charge in [-0.25, -0.2) is 0 Å². The van der Waals surface area contributed by atoms with Crippen LogP contribution in [0.3, 0.4) is 0 Å². The van der Waals surface area contributed by atoms with E-state index in [4.69, 9.17) is 11.6 Å². The van der Waals surface area contributed by atoms with Gasteiger partial charge < -0.3 is 26.0 Å². The molecule has 0 fully saturated rings. The molecule has 1 atom stereocenters. The highest BCUT2D eigenvalue weighted by molar-refractivity contribution is 6.31. The van der Waals surface area contributed by atoms with Gasteiger partial charge in [-0.2, -0.15) is 0 Å². The third-order valence-corrected chi connectivity index (χ3v) is 6.22. The quantitative estimate of drug-likeness (QED) is 0.283. The molecule has 0 saturated heterocycles. The van der Waals surface area contributed by atoms with Crippen LogP contribution in [0.1, 0.15) is 47.8 Å². The van der Waals surface area contributed by atoms with E-state index >= 15 is 0 Å². The molecule has 0 aliphatic rings. The number of hydrogen-bond acceptors (Lipinski definition) is 5. The number of aromatic hydroxyl groups is 2. The first-order valence-electron chi connectivity index (χ1n) is 11.6. The van der Waals surface area contributed by atoms with Crippen LogP contribution < -0.4 is 10.6 Å². The summed E-state index contributed by atoms with van der Waals surface area (Å²) in [5.41, 5.74) is 4.05. The van der Waals surface area contributed by atoms with Gasteiger partial charge in [0, 0.05) is 29.7 Å². The Morgan fingerprint density at radius 3 is 2.34 bits per heavy atom. The van der Waals surface area contributed by atoms with Crippen LogP contribution >= 0.6 is 11.6 Å². The number of amides is 1. The Labute approximate surface area is 211 Å². The molecule has 0 aromatic heterocycles. The van der Waals surface area contributed by atoms with Crippen molar-refractivity contribution in [2.75, 3.05) is 6.54 Å². The van der Waals surface area contributed by atoms with Crippen molar-refractivity contribution in [1.29, 1.82) is 0 Å². The summed E-state index contributed by atoms with van der Waals surface area (Å²) in [7, 11) is 0. The molecule has 35 heavy (non-hydrogen) atoms. The number of benzene rings is 3. The van der Waals surface area contributed by atoms with Gasteiger partial charge in [0.25, 0.3) is 0 Å². The summed E-state index contributed by atoms with van der Waals surface area (Å²) in [6.07, 6.45) is 0.0780. The first kappa shape index (κ1) is 26.5. The largest absolute Gasteiger partial charge is 0.508 e. The number of hydrogen-bond donors (Lipinski definition) is 5. The van der Waals surface area contributed by atoms with Crippen LogP contribution in [0.4, 0.5) is 0 Å². The van der Waals surface area contributed by atoms with Crippen LogP contribution in [-0.4, -0.2) is 33.3 Å². The van der Waals surface area contributed by atoms with E-state index in [0.717, 1.165) is 22.3 Å². The van der Waals surface area contributed by atoms with E-state index < -0.39 is 6.10 Å². The lowest BCUT2D eigenvalue weighted by Gasteiger charge is -2.28. The van der Waals surface area contributed by atoms with Gasteiger partial charge in [0.2, 0.25) is 5.91 Å². The Morgan fingerprint density at radius 1 is 0.971 bits per heavy atom. The zero-order chi connectivity index (χ0) is 25.6. The number of aliphatic hydroxyl groups is 1. The summed E-state index contributed by atoms with van der Waals surface area (Å²) in [4.78, 5) is 12.5. The first-order valence-corrected chi connectivity index (χ1v) is 11.9. The minimum Gasteiger partial charge on any atom is -0.508 e. The molecule has 0 aliphatic heterocycles. The third-order valence-electron chi connectivity index (χ3n) is 5.81. The SMILES string of the molecule is Cc1ccc(CNC(=O)Cc2cccc(CC(C)(C)NCC(O)c3cc(O)cc(O)c3)c2)cc1Cl. The number of aryl methyl sites for hydroxylation is 1. The number of carbonyl (C=O) groups excluding carboxylic acids is 1. The van der Waals surface area contributed by atoms with Crippen molar-refractivity contribution in [2.45, 2.75) is 51.8 Å². The summed E-state index contributed by atoms with van der Waals surface area (Å²) in [5.74, 6) is -0.252. The lowest BCUT2D eigenvalue weighted by molar-refractivity contribution is -0.120. The maximum atomic E-state index is 12.5. The van der Waals surface area contributed by atoms with Crippen molar-refractivity contribution in [3.8, 4) is 11.5 Å². The van der Waals surface area contributed by atoms with Crippen LogP contribution in [0.2, 0.25) is 5.02 Å². The maximum absolute atomic E-state index is 12.5. The number of rotatable bonds is 10. The lowest BCUT2D eigenvalue weighted by atomic mass is 9.93. The van der Waals surface area contributed by atoms with Gasteiger partial charge in [-0.1, -0.05) is 48.0 Å². The molecule has 3 aromatic rings. The fourth-order valence-electron chi connectivity index (χ4n) is 3.92. The molecule has 1 unspecified atom stereocenters. The van der Waals surface area contributed by atoms with E-state index in [0.29, 0.717) is 23.6 Å². The highest BCUT2D eigenvalue weighted by Crippen LogP contribution is 2.25. The molecule has 0 bridgehead atoms. The second kappa shape index (κ2) is 11.6. The highest BCUT2D eigenvalue weighted by Gasteiger charge is 2.20. The minimum absolute atomic E-state index is 0.0614. The molecule has 5 N–H and O–H groups in total. The smallest absolute Gasteiger partial charge is 0.224 e. The number of carbonyl (C=O) groups is 1. The van der Waals surface area contributed by atoms with Crippen molar-refractivity contribution < 1.29 is 20.1 Å². The van der Waals surface area contributed by atoms with Gasteiger partial charge in [0.15, 0.2) is 0 Å². The number of nitrogens with one attached hydrogen (secondary N) is 2. The third kappa shape index (κ3) is 8.28. The molecule has 6 nitrogen and oxygen atoms in total. The molecule has 186 valence electrons. The fraction of sp³-hybridized carbons (Fsp3) is 0.321. The van der Waals surface area contributed by atoms with Crippen molar-refractivity contribution in [1.82, 2.24) is 10.6 Å². The zero-order valence-corrected chi connectivity index (χ0v) is 21.1. The normalized spacial score (nSPS) is 12.4. The van der Waals surface area contributed by atoms with Crippen molar-refractivity contribution in [3.63, 3.8) is 0 Å². The van der Waals surface area contributed by atoms with E-state index in [-0.39, 0.29) is 35.9 Å². The van der Waals surface area contributed by atoms with Crippen molar-refractivity contribution >= 4 is 17.5 Å². The number of phenols is 2. The Balaban J connectivity index is 1.53. The lowest BCUT2D eigenvalue weighted by Crippen LogP contribution is -2.43. The predicted octanol–water partition coefficient (Wildman–Crippen LogP) is 4.56. The topological polar surface area (TPSA) is 102 Å². The van der Waals surface area contributed by atoms with E-state index in [1.807, 2.05) is 63.2 Å². The Bertz CT molecular complexity index is 1160. The molecule has 0 saturated carbocycles. The average Bonchev–Trinajstić information content (AvgIpc) is 2.77. The maximum Gasteiger partial charge on any atom is 0.224 e. The summed E-state index contributed by atoms with van der Waals surface area (Å²) in [5, 5.41) is 36.7. The monoisotopic (exact) mass is 496 g/mol. The Morgan fingerprint density at radius 2 is 1.66 bits per heavy atom. The summed E-state index contributed by atoms with van der Waals surface area (Å²) in [6, 6.07) is 17.8. The molecule has 3 rings (SSSR count). The second-order valence-electron chi connectivity index (χ2n) is 9.60. The van der Waals surface area contributed by atoms with E-state index in [1.165, 1.54) is 18.2 Å². The van der Waals surface area contributed by atoms with Gasteiger partial charge in [-0.05, 0) is 73.2 Å². The highest BCUT2D eigenvalue weighted by atomic mass is 35.5. The summed E-state index contributed by atoms with van der Waals surface area (Å²) >= 11 is 6.16. The minimum atomic E-state index is -0.884. The van der Waals surface area contributed by atoms with Crippen LogP contribution in [0.5, 0.6) is 11.5 Å². The molecule has 7 heteroatoms. The van der Waals surface area contributed by atoms with Crippen molar-refractivity contribution in [3.05, 3.63) is 93.5 Å². The molecular weight excluding hydrogens is 464 g/mol. The molecule has 1 amide bonds. The Hall–Kier alpha value is -3.06. The van der Waals surface area contributed by atoms with Crippen LogP contribution in [0, 0.1) is 6.92 Å². The number of β-amino-alcohol motifs (C(OH)–C–C–N with tert-alkyl or cyclic N) is 1. The molecule has 0 spiro atoms. The molecular formula is C28H33ClN2O4. The molecule has 3 aromatic carbocycles. The van der Waals surface area contributed by atoms with Gasteiger partial charge >= 0.3 is 0 Å². The first-order chi connectivity index (χ1) is 16.5. The Kier molecular flexibility index (Phi) is 8.78. The van der Waals surface area contributed by atoms with E-state index in [1.54, 1.807) is 0 Å². The van der Waals surface area contributed by atoms with Gasteiger partial charge in [-0.3, -0.25) is 4.79 Å². The fourth-order valence-corrected chi connectivity index (χ4v) is 4.12. The number of aliphatic hydroxyl groups excluding tert-OH is 1. The van der Waals surface area contributed by atoms with Crippen LogP contribution in [0.15, 0.2) is 60.7 Å². The predicted molar refractivity (Wildman–Crippen MR) is 139 cm³/mol. The molecule has 0 aliphatic carbocycles.